The van der Waals surface area contributed by atoms with Crippen molar-refractivity contribution in [1.82, 2.24) is 0 Å². The topological polar surface area (TPSA) is 37.3 Å². The van der Waals surface area contributed by atoms with Crippen LogP contribution >= 0.6 is 0 Å². The van der Waals surface area contributed by atoms with Gasteiger partial charge < -0.3 is 5.11 Å². The normalized spacial score (nSPS) is 10.8. The lowest BCUT2D eigenvalue weighted by atomic mass is 9.90. The van der Waals surface area contributed by atoms with Gasteiger partial charge in [0.15, 0.2) is 6.29 Å². The summed E-state index contributed by atoms with van der Waals surface area (Å²) in [7, 11) is 0. The number of rotatable bonds is 2. The van der Waals surface area contributed by atoms with Crippen LogP contribution in [-0.4, -0.2) is 11.4 Å². The lowest BCUT2D eigenvalue weighted by molar-refractivity contribution is 0.112. The Balaban J connectivity index is 2.47. The zero-order chi connectivity index (χ0) is 15.0. The first-order chi connectivity index (χ1) is 10.1. The van der Waals surface area contributed by atoms with Crippen molar-refractivity contribution in [2.45, 2.75) is 13.8 Å². The Kier molecular flexibility index (Phi) is 3.22. The van der Waals surface area contributed by atoms with Crippen LogP contribution in [0.25, 0.3) is 21.9 Å². The van der Waals surface area contributed by atoms with E-state index < -0.39 is 0 Å². The van der Waals surface area contributed by atoms with Crippen LogP contribution in [0, 0.1) is 13.8 Å². The van der Waals surface area contributed by atoms with Crippen LogP contribution < -0.4 is 0 Å². The Morgan fingerprint density at radius 1 is 0.952 bits per heavy atom. The first-order valence-electron chi connectivity index (χ1n) is 6.89. The quantitative estimate of drug-likeness (QED) is 0.692. The first-order valence-corrected chi connectivity index (χ1v) is 6.89. The molecule has 0 aliphatic rings. The van der Waals surface area contributed by atoms with E-state index in [9.17, 15) is 9.90 Å². The maximum absolute atomic E-state index is 11.5. The second-order valence-electron chi connectivity index (χ2n) is 5.34. The standard InChI is InChI=1S/C19H16O2/c1-12-9-13(2)18(17(21)10-12)19-15(11-20)8-7-14-5-3-4-6-16(14)19/h3-11,21H,1-2H3. The predicted molar refractivity (Wildman–Crippen MR) is 85.9 cm³/mol. The summed E-state index contributed by atoms with van der Waals surface area (Å²) in [5.41, 5.74) is 4.10. The summed E-state index contributed by atoms with van der Waals surface area (Å²) >= 11 is 0. The van der Waals surface area contributed by atoms with E-state index in [2.05, 4.69) is 0 Å². The smallest absolute Gasteiger partial charge is 0.150 e. The molecule has 21 heavy (non-hydrogen) atoms. The van der Waals surface area contributed by atoms with Crippen molar-refractivity contribution in [3.05, 3.63) is 65.2 Å². The lowest BCUT2D eigenvalue weighted by Gasteiger charge is -2.15. The third-order valence-corrected chi connectivity index (χ3v) is 3.80. The van der Waals surface area contributed by atoms with Gasteiger partial charge in [0.1, 0.15) is 5.75 Å². The number of phenols is 1. The van der Waals surface area contributed by atoms with E-state index in [0.29, 0.717) is 5.56 Å². The van der Waals surface area contributed by atoms with Gasteiger partial charge in [-0.05, 0) is 41.8 Å². The molecule has 0 radical (unpaired) electrons. The minimum Gasteiger partial charge on any atom is -0.507 e. The Bertz CT molecular complexity index is 824. The minimum absolute atomic E-state index is 0.215. The monoisotopic (exact) mass is 276 g/mol. The maximum atomic E-state index is 11.5. The van der Waals surface area contributed by atoms with Gasteiger partial charge >= 0.3 is 0 Å². The van der Waals surface area contributed by atoms with Gasteiger partial charge in [-0.1, -0.05) is 42.5 Å². The van der Waals surface area contributed by atoms with E-state index in [1.54, 1.807) is 6.07 Å². The highest BCUT2D eigenvalue weighted by Gasteiger charge is 2.15. The fourth-order valence-corrected chi connectivity index (χ4v) is 2.94. The highest BCUT2D eigenvalue weighted by atomic mass is 16.3. The molecule has 0 amide bonds. The van der Waals surface area contributed by atoms with Crippen molar-refractivity contribution >= 4 is 17.1 Å². The van der Waals surface area contributed by atoms with E-state index >= 15 is 0 Å². The number of aldehydes is 1. The van der Waals surface area contributed by atoms with Gasteiger partial charge in [0, 0.05) is 16.7 Å². The molecule has 0 bridgehead atoms. The fraction of sp³-hybridized carbons (Fsp3) is 0.105. The van der Waals surface area contributed by atoms with Crippen molar-refractivity contribution < 1.29 is 9.90 Å². The van der Waals surface area contributed by atoms with Gasteiger partial charge in [0.25, 0.3) is 0 Å². The van der Waals surface area contributed by atoms with Crippen LogP contribution in [0.2, 0.25) is 0 Å². The summed E-state index contributed by atoms with van der Waals surface area (Å²) in [5.74, 6) is 0.215. The number of hydrogen-bond acceptors (Lipinski definition) is 2. The van der Waals surface area contributed by atoms with Gasteiger partial charge in [-0.2, -0.15) is 0 Å². The Morgan fingerprint density at radius 2 is 1.71 bits per heavy atom. The number of fused-ring (bicyclic) bond motifs is 1. The maximum Gasteiger partial charge on any atom is 0.150 e. The number of carbonyl (C=O) groups is 1. The van der Waals surface area contributed by atoms with Crippen LogP contribution in [0.15, 0.2) is 48.5 Å². The molecule has 3 aromatic rings. The molecular weight excluding hydrogens is 260 g/mol. The summed E-state index contributed by atoms with van der Waals surface area (Å²) < 4.78 is 0. The zero-order valence-electron chi connectivity index (χ0n) is 12.1. The molecule has 1 N–H and O–H groups in total. The molecule has 104 valence electrons. The average Bonchev–Trinajstić information content (AvgIpc) is 2.46. The fourth-order valence-electron chi connectivity index (χ4n) is 2.94. The molecule has 0 saturated carbocycles. The molecule has 0 unspecified atom stereocenters. The van der Waals surface area contributed by atoms with Crippen molar-refractivity contribution in [3.63, 3.8) is 0 Å². The minimum atomic E-state index is 0.215. The molecule has 0 saturated heterocycles. The van der Waals surface area contributed by atoms with Gasteiger partial charge in [-0.25, -0.2) is 0 Å². The number of phenolic OH excluding ortho intramolecular Hbond substituents is 1. The predicted octanol–water partition coefficient (Wildman–Crippen LogP) is 4.64. The van der Waals surface area contributed by atoms with Crippen LogP contribution in [0.5, 0.6) is 5.75 Å². The SMILES string of the molecule is Cc1cc(C)c(-c2c(C=O)ccc3ccccc23)c(O)c1. The number of carbonyl (C=O) groups excluding carboxylic acids is 1. The van der Waals surface area contributed by atoms with E-state index in [0.717, 1.165) is 39.3 Å². The van der Waals surface area contributed by atoms with Gasteiger partial charge in [0.2, 0.25) is 0 Å². The number of aryl methyl sites for hydroxylation is 2. The van der Waals surface area contributed by atoms with Crippen molar-refractivity contribution in [3.8, 4) is 16.9 Å². The second-order valence-corrected chi connectivity index (χ2v) is 5.34. The summed E-state index contributed by atoms with van der Waals surface area (Å²) in [5, 5.41) is 12.4. The number of aromatic hydroxyl groups is 1. The average molecular weight is 276 g/mol. The van der Waals surface area contributed by atoms with Crippen LogP contribution in [0.4, 0.5) is 0 Å². The zero-order valence-corrected chi connectivity index (χ0v) is 12.1. The number of benzene rings is 3. The Hall–Kier alpha value is -2.61. The van der Waals surface area contributed by atoms with Gasteiger partial charge in [0.05, 0.1) is 0 Å². The first kappa shape index (κ1) is 13.4. The van der Waals surface area contributed by atoms with Crippen molar-refractivity contribution in [1.29, 1.82) is 0 Å². The van der Waals surface area contributed by atoms with E-state index in [1.807, 2.05) is 56.3 Å². The van der Waals surface area contributed by atoms with Gasteiger partial charge in [-0.15, -0.1) is 0 Å². The largest absolute Gasteiger partial charge is 0.507 e. The second kappa shape index (κ2) is 5.06. The molecule has 0 aliphatic heterocycles. The molecule has 0 spiro atoms. The molecule has 0 fully saturated rings. The molecule has 0 aromatic heterocycles. The van der Waals surface area contributed by atoms with Gasteiger partial charge in [-0.3, -0.25) is 4.79 Å². The lowest BCUT2D eigenvalue weighted by Crippen LogP contribution is -1.93. The van der Waals surface area contributed by atoms with Crippen LogP contribution in [0.1, 0.15) is 21.5 Å². The van der Waals surface area contributed by atoms with E-state index in [4.69, 9.17) is 0 Å². The number of hydrogen-bond donors (Lipinski definition) is 1. The molecular formula is C19H16O2. The molecule has 2 nitrogen and oxygen atoms in total. The van der Waals surface area contributed by atoms with Crippen LogP contribution in [-0.2, 0) is 0 Å². The summed E-state index contributed by atoms with van der Waals surface area (Å²) in [6, 6.07) is 15.4. The Morgan fingerprint density at radius 3 is 2.43 bits per heavy atom. The molecule has 3 aromatic carbocycles. The summed E-state index contributed by atoms with van der Waals surface area (Å²) in [6.07, 6.45) is 0.848. The molecule has 0 aliphatic carbocycles. The highest BCUT2D eigenvalue weighted by molar-refractivity contribution is 6.06. The highest BCUT2D eigenvalue weighted by Crippen LogP contribution is 2.39. The molecule has 0 atom stereocenters. The third-order valence-electron chi connectivity index (χ3n) is 3.80. The van der Waals surface area contributed by atoms with E-state index in [-0.39, 0.29) is 5.75 Å². The molecule has 0 heterocycles. The van der Waals surface area contributed by atoms with Crippen molar-refractivity contribution in [2.24, 2.45) is 0 Å². The van der Waals surface area contributed by atoms with Crippen molar-refractivity contribution in [2.75, 3.05) is 0 Å². The summed E-state index contributed by atoms with van der Waals surface area (Å²) in [6.45, 7) is 3.90. The Labute approximate surface area is 123 Å². The van der Waals surface area contributed by atoms with E-state index in [1.165, 1.54) is 0 Å². The summed E-state index contributed by atoms with van der Waals surface area (Å²) in [4.78, 5) is 11.5. The molecule has 3 rings (SSSR count). The third kappa shape index (κ3) is 2.19. The molecule has 2 heteroatoms. The van der Waals surface area contributed by atoms with Crippen LogP contribution in [0.3, 0.4) is 0 Å².